The van der Waals surface area contributed by atoms with Crippen molar-refractivity contribution in [1.29, 1.82) is 0 Å². The number of phenolic OH excluding ortho intramolecular Hbond substituents is 1. The summed E-state index contributed by atoms with van der Waals surface area (Å²) in [4.78, 5) is 12.3. The number of aliphatic hydroxyl groups is 1. The van der Waals surface area contributed by atoms with Crippen LogP contribution in [-0.2, 0) is 10.0 Å². The molecule has 0 aliphatic rings. The van der Waals surface area contributed by atoms with Crippen LogP contribution in [0.25, 0.3) is 0 Å². The highest BCUT2D eigenvalue weighted by Gasteiger charge is 2.56. The van der Waals surface area contributed by atoms with Gasteiger partial charge < -0.3 is 15.5 Å². The number of rotatable bonds is 6. The highest BCUT2D eigenvalue weighted by atomic mass is 32.2. The zero-order valence-corrected chi connectivity index (χ0v) is 17.1. The van der Waals surface area contributed by atoms with Gasteiger partial charge in [0.15, 0.2) is 5.60 Å². The van der Waals surface area contributed by atoms with Crippen molar-refractivity contribution >= 4 is 15.9 Å². The minimum atomic E-state index is -5.13. The number of hydrogen-bond donors (Lipinski definition) is 3. The SMILES string of the molecule is CN(C)S(=O)(=O)c1ccc(C(NC(=O)c2ccccc2O)C(C)(O)C(F)(F)F)cc1. The van der Waals surface area contributed by atoms with Crippen LogP contribution in [0.3, 0.4) is 0 Å². The fourth-order valence-corrected chi connectivity index (χ4v) is 3.53. The molecule has 2 rings (SSSR count). The van der Waals surface area contributed by atoms with E-state index in [0.29, 0.717) is 6.92 Å². The molecule has 7 nitrogen and oxygen atoms in total. The van der Waals surface area contributed by atoms with Crippen molar-refractivity contribution in [3.63, 3.8) is 0 Å². The molecule has 11 heteroatoms. The van der Waals surface area contributed by atoms with E-state index in [1.807, 2.05) is 0 Å². The molecule has 2 atom stereocenters. The minimum Gasteiger partial charge on any atom is -0.507 e. The number of hydrogen-bond acceptors (Lipinski definition) is 5. The van der Waals surface area contributed by atoms with E-state index in [4.69, 9.17) is 0 Å². The van der Waals surface area contributed by atoms with E-state index in [2.05, 4.69) is 5.32 Å². The standard InChI is InChI=1S/C19H21F3N2O5S/c1-18(27,19(20,21)22)16(23-17(26)14-6-4-5-7-15(14)25)12-8-10-13(11-9-12)30(28,29)24(2)3/h4-11,16,25,27H,1-3H3,(H,23,26). The lowest BCUT2D eigenvalue weighted by molar-refractivity contribution is -0.263. The number of alkyl halides is 3. The van der Waals surface area contributed by atoms with Crippen LogP contribution in [0.15, 0.2) is 53.4 Å². The lowest BCUT2D eigenvalue weighted by atomic mass is 9.89. The van der Waals surface area contributed by atoms with E-state index in [1.165, 1.54) is 38.4 Å². The molecule has 0 fully saturated rings. The van der Waals surface area contributed by atoms with Gasteiger partial charge in [-0.05, 0) is 36.8 Å². The molecule has 0 aromatic heterocycles. The Hall–Kier alpha value is -2.63. The van der Waals surface area contributed by atoms with Crippen LogP contribution in [0, 0.1) is 0 Å². The number of amides is 1. The molecule has 1 amide bonds. The summed E-state index contributed by atoms with van der Waals surface area (Å²) in [7, 11) is -1.23. The smallest absolute Gasteiger partial charge is 0.419 e. The average molecular weight is 446 g/mol. The number of sulfonamides is 1. The van der Waals surface area contributed by atoms with Crippen molar-refractivity contribution < 1.29 is 36.6 Å². The number of nitrogens with zero attached hydrogens (tertiary/aromatic N) is 1. The van der Waals surface area contributed by atoms with E-state index < -0.39 is 39.5 Å². The van der Waals surface area contributed by atoms with E-state index in [1.54, 1.807) is 0 Å². The van der Waals surface area contributed by atoms with E-state index in [-0.39, 0.29) is 16.0 Å². The zero-order valence-electron chi connectivity index (χ0n) is 16.3. The molecule has 0 heterocycles. The van der Waals surface area contributed by atoms with Crippen molar-refractivity contribution in [3.05, 3.63) is 59.7 Å². The quantitative estimate of drug-likeness (QED) is 0.632. The van der Waals surface area contributed by atoms with Gasteiger partial charge in [-0.1, -0.05) is 24.3 Å². The number of carbonyl (C=O) groups is 1. The van der Waals surface area contributed by atoms with Crippen LogP contribution >= 0.6 is 0 Å². The van der Waals surface area contributed by atoms with Crippen molar-refractivity contribution in [3.8, 4) is 5.75 Å². The van der Waals surface area contributed by atoms with Crippen LogP contribution < -0.4 is 5.32 Å². The topological polar surface area (TPSA) is 107 Å². The highest BCUT2D eigenvalue weighted by molar-refractivity contribution is 7.89. The van der Waals surface area contributed by atoms with Crippen molar-refractivity contribution in [1.82, 2.24) is 9.62 Å². The van der Waals surface area contributed by atoms with Gasteiger partial charge in [-0.15, -0.1) is 0 Å². The Morgan fingerprint density at radius 1 is 1.07 bits per heavy atom. The lowest BCUT2D eigenvalue weighted by Crippen LogP contribution is -2.53. The Balaban J connectivity index is 2.50. The van der Waals surface area contributed by atoms with Crippen molar-refractivity contribution in [2.45, 2.75) is 29.6 Å². The molecule has 2 aromatic carbocycles. The van der Waals surface area contributed by atoms with Gasteiger partial charge in [-0.2, -0.15) is 13.2 Å². The van der Waals surface area contributed by atoms with Crippen LogP contribution in [0.2, 0.25) is 0 Å². The highest BCUT2D eigenvalue weighted by Crippen LogP contribution is 2.40. The molecule has 0 saturated carbocycles. The van der Waals surface area contributed by atoms with Crippen LogP contribution in [0.5, 0.6) is 5.75 Å². The summed E-state index contributed by atoms with van der Waals surface area (Å²) in [5, 5.41) is 22.1. The molecule has 3 N–H and O–H groups in total. The van der Waals surface area contributed by atoms with Gasteiger partial charge in [0.25, 0.3) is 5.91 Å². The fraction of sp³-hybridized carbons (Fsp3) is 0.316. The Kier molecular flexibility index (Phi) is 6.50. The number of nitrogens with one attached hydrogen (secondary N) is 1. The molecular formula is C19H21F3N2O5S. The van der Waals surface area contributed by atoms with Crippen molar-refractivity contribution in [2.24, 2.45) is 0 Å². The Morgan fingerprint density at radius 2 is 1.60 bits per heavy atom. The summed E-state index contributed by atoms with van der Waals surface area (Å²) in [5.41, 5.74) is -3.86. The number of aromatic hydroxyl groups is 1. The van der Waals surface area contributed by atoms with Gasteiger partial charge in [-0.25, -0.2) is 12.7 Å². The first-order valence-electron chi connectivity index (χ1n) is 8.60. The second kappa shape index (κ2) is 8.25. The summed E-state index contributed by atoms with van der Waals surface area (Å²) in [5.74, 6) is -1.50. The first-order chi connectivity index (χ1) is 13.7. The third kappa shape index (κ3) is 4.58. The van der Waals surface area contributed by atoms with Crippen LogP contribution in [0.1, 0.15) is 28.9 Å². The molecule has 2 unspecified atom stereocenters. The Morgan fingerprint density at radius 3 is 2.07 bits per heavy atom. The fourth-order valence-electron chi connectivity index (χ4n) is 2.63. The second-order valence-electron chi connectivity index (χ2n) is 6.93. The van der Waals surface area contributed by atoms with Crippen LogP contribution in [0.4, 0.5) is 13.2 Å². The van der Waals surface area contributed by atoms with Crippen molar-refractivity contribution in [2.75, 3.05) is 14.1 Å². The first-order valence-corrected chi connectivity index (χ1v) is 10.0. The third-order valence-corrected chi connectivity index (χ3v) is 6.38. The predicted molar refractivity (Wildman–Crippen MR) is 102 cm³/mol. The molecular weight excluding hydrogens is 425 g/mol. The number of para-hydroxylation sites is 1. The molecule has 2 aromatic rings. The third-order valence-electron chi connectivity index (χ3n) is 4.55. The van der Waals surface area contributed by atoms with Gasteiger partial charge >= 0.3 is 6.18 Å². The summed E-state index contributed by atoms with van der Waals surface area (Å²) < 4.78 is 65.8. The molecule has 30 heavy (non-hydrogen) atoms. The normalized spacial score (nSPS) is 15.5. The maximum absolute atomic E-state index is 13.5. The van der Waals surface area contributed by atoms with Gasteiger partial charge in [0.05, 0.1) is 16.5 Å². The monoisotopic (exact) mass is 446 g/mol. The number of benzene rings is 2. The summed E-state index contributed by atoms with van der Waals surface area (Å²) in [6.07, 6.45) is -5.13. The summed E-state index contributed by atoms with van der Waals surface area (Å²) in [6.45, 7) is 0.493. The van der Waals surface area contributed by atoms with Gasteiger partial charge in [0, 0.05) is 14.1 Å². The van der Waals surface area contributed by atoms with Gasteiger partial charge in [-0.3, -0.25) is 4.79 Å². The largest absolute Gasteiger partial charge is 0.507 e. The minimum absolute atomic E-state index is 0.173. The van der Waals surface area contributed by atoms with E-state index in [9.17, 15) is 36.6 Å². The predicted octanol–water partition coefficient (Wildman–Crippen LogP) is 2.43. The zero-order chi connectivity index (χ0) is 22.9. The average Bonchev–Trinajstić information content (AvgIpc) is 2.65. The summed E-state index contributed by atoms with van der Waals surface area (Å²) >= 11 is 0. The van der Waals surface area contributed by atoms with Gasteiger partial charge in [0.1, 0.15) is 5.75 Å². The number of carbonyl (C=O) groups excluding carboxylic acids is 1. The van der Waals surface area contributed by atoms with Gasteiger partial charge in [0.2, 0.25) is 10.0 Å². The molecule has 0 aliphatic heterocycles. The first kappa shape index (κ1) is 23.6. The lowest BCUT2D eigenvalue weighted by Gasteiger charge is -2.35. The molecule has 0 aliphatic carbocycles. The van der Waals surface area contributed by atoms with E-state index >= 15 is 0 Å². The second-order valence-corrected chi connectivity index (χ2v) is 9.08. The maximum atomic E-state index is 13.5. The summed E-state index contributed by atoms with van der Waals surface area (Å²) in [6, 6.07) is 7.56. The molecule has 0 radical (unpaired) electrons. The molecule has 164 valence electrons. The Labute approximate surface area is 171 Å². The number of halogens is 3. The molecule has 0 bridgehead atoms. The Bertz CT molecular complexity index is 1020. The van der Waals surface area contributed by atoms with E-state index in [0.717, 1.165) is 28.6 Å². The number of phenols is 1. The van der Waals surface area contributed by atoms with Crippen LogP contribution in [-0.4, -0.2) is 54.7 Å². The molecule has 0 spiro atoms. The maximum Gasteiger partial charge on any atom is 0.419 e. The molecule has 0 saturated heterocycles.